The summed E-state index contributed by atoms with van der Waals surface area (Å²) in [4.78, 5) is 15.6. The van der Waals surface area contributed by atoms with E-state index in [1.165, 1.54) is 11.3 Å². The number of halogens is 2. The molecule has 0 N–H and O–H groups in total. The van der Waals surface area contributed by atoms with E-state index >= 15 is 0 Å². The van der Waals surface area contributed by atoms with Gasteiger partial charge in [0.1, 0.15) is 11.0 Å². The minimum Gasteiger partial charge on any atom is -0.369 e. The second-order valence-electron chi connectivity index (χ2n) is 5.96. The van der Waals surface area contributed by atoms with Crippen molar-refractivity contribution in [1.29, 1.82) is 0 Å². The molecule has 0 radical (unpaired) electrons. The zero-order valence-corrected chi connectivity index (χ0v) is 15.5. The highest BCUT2D eigenvalue weighted by Crippen LogP contribution is 2.36. The summed E-state index contributed by atoms with van der Waals surface area (Å²) in [5, 5.41) is 1.68. The lowest BCUT2D eigenvalue weighted by molar-refractivity contribution is -0.0805. The highest BCUT2D eigenvalue weighted by Gasteiger charge is 2.38. The molecule has 1 aliphatic heterocycles. The molecule has 3 atom stereocenters. The fourth-order valence-electron chi connectivity index (χ4n) is 3.17. The first-order chi connectivity index (χ1) is 12.0. The maximum Gasteiger partial charge on any atom is 0.288 e. The molecule has 2 aromatic rings. The SMILES string of the molecule is CC1COC(c2ccccc2)C(C)N1C(=O)c1sccc1SC(F)F. The molecule has 1 aliphatic rings. The summed E-state index contributed by atoms with van der Waals surface area (Å²) in [7, 11) is 0. The lowest BCUT2D eigenvalue weighted by Crippen LogP contribution is -2.53. The molecule has 0 saturated carbocycles. The molecule has 134 valence electrons. The van der Waals surface area contributed by atoms with Gasteiger partial charge in [-0.25, -0.2) is 0 Å². The molecule has 1 saturated heterocycles. The topological polar surface area (TPSA) is 29.5 Å². The van der Waals surface area contributed by atoms with Crippen LogP contribution in [0.5, 0.6) is 0 Å². The van der Waals surface area contributed by atoms with E-state index in [2.05, 4.69) is 0 Å². The molecule has 0 aliphatic carbocycles. The number of morpholine rings is 1. The molecule has 25 heavy (non-hydrogen) atoms. The number of carbonyl (C=O) groups excluding carboxylic acids is 1. The first-order valence-corrected chi connectivity index (χ1v) is 9.76. The lowest BCUT2D eigenvalue weighted by atomic mass is 9.98. The molecule has 0 bridgehead atoms. The predicted octanol–water partition coefficient (Wildman–Crippen LogP) is 5.05. The molecule has 3 rings (SSSR count). The van der Waals surface area contributed by atoms with Gasteiger partial charge in [0, 0.05) is 4.90 Å². The van der Waals surface area contributed by atoms with Crippen LogP contribution in [0.2, 0.25) is 0 Å². The van der Waals surface area contributed by atoms with Gasteiger partial charge in [0.2, 0.25) is 0 Å². The van der Waals surface area contributed by atoms with Crippen LogP contribution >= 0.6 is 23.1 Å². The van der Waals surface area contributed by atoms with Gasteiger partial charge in [-0.15, -0.1) is 11.3 Å². The standard InChI is InChI=1S/C18H19F2NO2S2/c1-11-10-23-15(13-6-4-3-5-7-13)12(2)21(11)17(22)16-14(8-9-24-16)25-18(19)20/h3-9,11-12,15,18H,10H2,1-2H3. The van der Waals surface area contributed by atoms with E-state index in [1.807, 2.05) is 44.2 Å². The van der Waals surface area contributed by atoms with E-state index in [9.17, 15) is 13.6 Å². The van der Waals surface area contributed by atoms with E-state index in [4.69, 9.17) is 4.74 Å². The number of nitrogens with zero attached hydrogens (tertiary/aromatic N) is 1. The maximum absolute atomic E-state index is 13.1. The van der Waals surface area contributed by atoms with E-state index < -0.39 is 5.76 Å². The molecule has 3 unspecified atom stereocenters. The van der Waals surface area contributed by atoms with Crippen LogP contribution in [-0.2, 0) is 4.74 Å². The molecular formula is C18H19F2NO2S2. The summed E-state index contributed by atoms with van der Waals surface area (Å²) in [5.74, 6) is -2.75. The number of amides is 1. The van der Waals surface area contributed by atoms with Crippen molar-refractivity contribution in [3.8, 4) is 0 Å². The van der Waals surface area contributed by atoms with Crippen molar-refractivity contribution < 1.29 is 18.3 Å². The molecule has 1 fully saturated rings. The normalized spacial score (nSPS) is 23.9. The Labute approximate surface area is 154 Å². The number of ether oxygens (including phenoxy) is 1. The van der Waals surface area contributed by atoms with Crippen LogP contribution in [0.15, 0.2) is 46.7 Å². The Morgan fingerprint density at radius 1 is 1.28 bits per heavy atom. The van der Waals surface area contributed by atoms with Gasteiger partial charge < -0.3 is 9.64 Å². The predicted molar refractivity (Wildman–Crippen MR) is 96.4 cm³/mol. The number of hydrogen-bond donors (Lipinski definition) is 0. The van der Waals surface area contributed by atoms with Crippen molar-refractivity contribution in [2.24, 2.45) is 0 Å². The Bertz CT molecular complexity index is 723. The van der Waals surface area contributed by atoms with Crippen molar-refractivity contribution in [3.05, 3.63) is 52.2 Å². The molecular weight excluding hydrogens is 364 g/mol. The van der Waals surface area contributed by atoms with Crippen LogP contribution in [0.4, 0.5) is 8.78 Å². The first kappa shape index (κ1) is 18.4. The summed E-state index contributed by atoms with van der Waals surface area (Å²) in [6.07, 6.45) is -0.229. The number of alkyl halides is 2. The fourth-order valence-corrected chi connectivity index (χ4v) is 4.81. The number of carbonyl (C=O) groups is 1. The maximum atomic E-state index is 13.1. The van der Waals surface area contributed by atoms with Crippen molar-refractivity contribution in [1.82, 2.24) is 4.90 Å². The number of rotatable bonds is 4. The molecule has 1 aromatic carbocycles. The number of hydrogen-bond acceptors (Lipinski definition) is 4. The van der Waals surface area contributed by atoms with Gasteiger partial charge in [0.15, 0.2) is 0 Å². The molecule has 1 amide bonds. The Hall–Kier alpha value is -1.44. The van der Waals surface area contributed by atoms with E-state index in [0.29, 0.717) is 28.1 Å². The highest BCUT2D eigenvalue weighted by atomic mass is 32.2. The molecule has 7 heteroatoms. The van der Waals surface area contributed by atoms with E-state index in [-0.39, 0.29) is 24.1 Å². The fraction of sp³-hybridized carbons (Fsp3) is 0.389. The Kier molecular flexibility index (Phi) is 5.76. The van der Waals surface area contributed by atoms with E-state index in [1.54, 1.807) is 16.3 Å². The number of thioether (sulfide) groups is 1. The molecule has 2 heterocycles. The van der Waals surface area contributed by atoms with Gasteiger partial charge in [0.05, 0.1) is 18.7 Å². The summed E-state index contributed by atoms with van der Waals surface area (Å²) >= 11 is 1.63. The smallest absolute Gasteiger partial charge is 0.288 e. The largest absolute Gasteiger partial charge is 0.369 e. The van der Waals surface area contributed by atoms with Crippen molar-refractivity contribution in [2.45, 2.75) is 42.7 Å². The highest BCUT2D eigenvalue weighted by molar-refractivity contribution is 7.99. The Morgan fingerprint density at radius 2 is 2.00 bits per heavy atom. The molecule has 1 aromatic heterocycles. The second-order valence-corrected chi connectivity index (χ2v) is 7.91. The quantitative estimate of drug-likeness (QED) is 0.692. The zero-order valence-electron chi connectivity index (χ0n) is 13.9. The van der Waals surface area contributed by atoms with Gasteiger partial charge in [-0.2, -0.15) is 8.78 Å². The van der Waals surface area contributed by atoms with Crippen molar-refractivity contribution in [2.75, 3.05) is 6.61 Å². The minimum absolute atomic E-state index is 0.117. The Morgan fingerprint density at radius 3 is 2.68 bits per heavy atom. The van der Waals surface area contributed by atoms with Crippen LogP contribution in [0.25, 0.3) is 0 Å². The number of benzene rings is 1. The average Bonchev–Trinajstić information content (AvgIpc) is 3.03. The Balaban J connectivity index is 1.87. The zero-order chi connectivity index (χ0) is 18.0. The average molecular weight is 383 g/mol. The van der Waals surface area contributed by atoms with Crippen molar-refractivity contribution in [3.63, 3.8) is 0 Å². The van der Waals surface area contributed by atoms with Crippen LogP contribution in [0.3, 0.4) is 0 Å². The third-order valence-electron chi connectivity index (χ3n) is 4.27. The summed E-state index contributed by atoms with van der Waals surface area (Å²) in [6.45, 7) is 4.28. The second kappa shape index (κ2) is 7.85. The third kappa shape index (κ3) is 3.88. The van der Waals surface area contributed by atoms with Gasteiger partial charge in [0.25, 0.3) is 11.7 Å². The molecule has 3 nitrogen and oxygen atoms in total. The van der Waals surface area contributed by atoms with Crippen LogP contribution in [0.1, 0.15) is 35.2 Å². The number of thiophene rings is 1. The summed E-state index contributed by atoms with van der Waals surface area (Å²) in [6, 6.07) is 11.0. The van der Waals surface area contributed by atoms with E-state index in [0.717, 1.165) is 5.56 Å². The first-order valence-electron chi connectivity index (χ1n) is 8.00. The van der Waals surface area contributed by atoms with Crippen LogP contribution in [0, 0.1) is 0 Å². The monoisotopic (exact) mass is 383 g/mol. The van der Waals surface area contributed by atoms with Gasteiger partial charge >= 0.3 is 0 Å². The minimum atomic E-state index is -2.54. The lowest BCUT2D eigenvalue weighted by Gasteiger charge is -2.43. The van der Waals surface area contributed by atoms with Crippen LogP contribution < -0.4 is 0 Å². The van der Waals surface area contributed by atoms with Gasteiger partial charge in [-0.3, -0.25) is 4.79 Å². The van der Waals surface area contributed by atoms with Crippen molar-refractivity contribution >= 4 is 29.0 Å². The van der Waals surface area contributed by atoms with Crippen LogP contribution in [-0.4, -0.2) is 35.3 Å². The summed E-state index contributed by atoms with van der Waals surface area (Å²) < 4.78 is 31.5. The van der Waals surface area contributed by atoms with Gasteiger partial charge in [-0.1, -0.05) is 42.1 Å². The summed E-state index contributed by atoms with van der Waals surface area (Å²) in [5.41, 5.74) is 1.01. The third-order valence-corrected chi connectivity index (χ3v) is 6.07. The molecule has 0 spiro atoms. The van der Waals surface area contributed by atoms with Gasteiger partial charge in [-0.05, 0) is 30.9 Å².